The van der Waals surface area contributed by atoms with Crippen LogP contribution < -0.4 is 5.73 Å². The zero-order valence-electron chi connectivity index (χ0n) is 12.0. The number of nitrogen functional groups attached to an aromatic ring is 1. The van der Waals surface area contributed by atoms with E-state index in [1.807, 2.05) is 40.6 Å². The number of thiophene rings is 1. The Bertz CT molecular complexity index is 779. The Kier molecular flexibility index (Phi) is 4.15. The van der Waals surface area contributed by atoms with Gasteiger partial charge in [-0.25, -0.2) is 9.97 Å². The van der Waals surface area contributed by atoms with Crippen molar-refractivity contribution in [2.45, 2.75) is 6.61 Å². The number of hydrogen-bond donors (Lipinski definition) is 1. The highest BCUT2D eigenvalue weighted by molar-refractivity contribution is 7.08. The van der Waals surface area contributed by atoms with Gasteiger partial charge in [-0.1, -0.05) is 11.2 Å². The van der Waals surface area contributed by atoms with Crippen molar-refractivity contribution in [2.75, 3.05) is 5.73 Å². The van der Waals surface area contributed by atoms with Crippen LogP contribution in [0.2, 0.25) is 0 Å². The van der Waals surface area contributed by atoms with Gasteiger partial charge in [-0.15, -0.1) is 0 Å². The quantitative estimate of drug-likeness (QED) is 0.579. The monoisotopic (exact) mass is 313 g/mol. The molecule has 0 fully saturated rings. The molecule has 0 aliphatic carbocycles. The second-order valence-corrected chi connectivity index (χ2v) is 5.45. The largest absolute Gasteiger partial charge is 0.389 e. The summed E-state index contributed by atoms with van der Waals surface area (Å²) in [5.74, 6) is 0.467. The highest BCUT2D eigenvalue weighted by Crippen LogP contribution is 2.14. The van der Waals surface area contributed by atoms with Crippen molar-refractivity contribution in [3.8, 4) is 0 Å². The predicted molar refractivity (Wildman–Crippen MR) is 86.6 cm³/mol. The van der Waals surface area contributed by atoms with Gasteiger partial charge in [0.1, 0.15) is 11.5 Å². The number of nitrogens with two attached hydrogens (primary N) is 1. The minimum absolute atomic E-state index is 0.260. The molecule has 7 heteroatoms. The summed E-state index contributed by atoms with van der Waals surface area (Å²) in [7, 11) is 1.92. The topological polar surface area (TPSA) is 78.3 Å². The van der Waals surface area contributed by atoms with E-state index in [0.717, 1.165) is 22.7 Å². The molecule has 0 spiro atoms. The molecule has 0 saturated carbocycles. The zero-order valence-corrected chi connectivity index (χ0v) is 12.8. The molecular formula is C15H15N5OS. The lowest BCUT2D eigenvalue weighted by molar-refractivity contribution is 0.128. The second-order valence-electron chi connectivity index (χ2n) is 4.67. The minimum atomic E-state index is 0.260. The standard InChI is InChI=1S/C15H15N5OS/c1-20-10-17-7-13(20)15(11-5-6-22-9-11)19-21-8-12-3-2-4-14(16)18-12/h2-7,9-10H,8H2,1H3,(H2,16,18). The summed E-state index contributed by atoms with van der Waals surface area (Å²) in [5.41, 5.74) is 9.01. The maximum absolute atomic E-state index is 5.65. The molecule has 112 valence electrons. The fourth-order valence-corrected chi connectivity index (χ4v) is 2.61. The van der Waals surface area contributed by atoms with Gasteiger partial charge in [0, 0.05) is 18.0 Å². The fraction of sp³-hybridized carbons (Fsp3) is 0.133. The van der Waals surface area contributed by atoms with Crippen molar-refractivity contribution < 1.29 is 4.84 Å². The van der Waals surface area contributed by atoms with Gasteiger partial charge in [0.15, 0.2) is 6.61 Å². The van der Waals surface area contributed by atoms with E-state index in [-0.39, 0.29) is 6.61 Å². The maximum atomic E-state index is 5.65. The van der Waals surface area contributed by atoms with Crippen LogP contribution in [0.3, 0.4) is 0 Å². The van der Waals surface area contributed by atoms with Crippen molar-refractivity contribution in [1.82, 2.24) is 14.5 Å². The Morgan fingerprint density at radius 2 is 2.32 bits per heavy atom. The van der Waals surface area contributed by atoms with Gasteiger partial charge < -0.3 is 15.1 Å². The lowest BCUT2D eigenvalue weighted by atomic mass is 10.1. The number of aryl methyl sites for hydroxylation is 1. The van der Waals surface area contributed by atoms with Crippen LogP contribution in [0.1, 0.15) is 17.0 Å². The Balaban J connectivity index is 1.82. The fourth-order valence-electron chi connectivity index (χ4n) is 1.97. The smallest absolute Gasteiger partial charge is 0.159 e. The molecule has 0 aliphatic rings. The first kappa shape index (κ1) is 14.3. The van der Waals surface area contributed by atoms with E-state index in [4.69, 9.17) is 10.6 Å². The Morgan fingerprint density at radius 1 is 1.41 bits per heavy atom. The number of aromatic nitrogens is 3. The van der Waals surface area contributed by atoms with E-state index in [1.54, 1.807) is 29.9 Å². The normalized spacial score (nSPS) is 11.6. The van der Waals surface area contributed by atoms with Crippen LogP contribution in [-0.4, -0.2) is 20.2 Å². The van der Waals surface area contributed by atoms with Gasteiger partial charge >= 0.3 is 0 Å². The average molecular weight is 313 g/mol. The highest BCUT2D eigenvalue weighted by Gasteiger charge is 2.12. The van der Waals surface area contributed by atoms with Crippen molar-refractivity contribution in [1.29, 1.82) is 0 Å². The molecule has 0 atom stereocenters. The minimum Gasteiger partial charge on any atom is -0.389 e. The molecule has 0 radical (unpaired) electrons. The predicted octanol–water partition coefficient (Wildman–Crippen LogP) is 2.43. The van der Waals surface area contributed by atoms with E-state index in [9.17, 15) is 0 Å². The number of anilines is 1. The Morgan fingerprint density at radius 3 is 3.00 bits per heavy atom. The average Bonchev–Trinajstić information content (AvgIpc) is 3.16. The molecule has 0 saturated heterocycles. The van der Waals surface area contributed by atoms with Crippen LogP contribution in [0.4, 0.5) is 5.82 Å². The third-order valence-electron chi connectivity index (χ3n) is 3.05. The number of pyridine rings is 1. The lowest BCUT2D eigenvalue weighted by Crippen LogP contribution is -2.08. The van der Waals surface area contributed by atoms with E-state index >= 15 is 0 Å². The molecule has 0 amide bonds. The summed E-state index contributed by atoms with van der Waals surface area (Å²) in [5, 5.41) is 8.30. The van der Waals surface area contributed by atoms with Crippen LogP contribution in [0.15, 0.2) is 52.7 Å². The number of hydrogen-bond acceptors (Lipinski definition) is 6. The van der Waals surface area contributed by atoms with Crippen LogP contribution >= 0.6 is 11.3 Å². The van der Waals surface area contributed by atoms with Gasteiger partial charge in [-0.2, -0.15) is 11.3 Å². The number of nitrogens with zero attached hydrogens (tertiary/aromatic N) is 4. The third-order valence-corrected chi connectivity index (χ3v) is 3.73. The maximum Gasteiger partial charge on any atom is 0.159 e. The molecule has 2 N–H and O–H groups in total. The van der Waals surface area contributed by atoms with Crippen LogP contribution in [0.5, 0.6) is 0 Å². The highest BCUT2D eigenvalue weighted by atomic mass is 32.1. The summed E-state index contributed by atoms with van der Waals surface area (Å²) in [6, 6.07) is 7.42. The molecule has 3 aromatic rings. The lowest BCUT2D eigenvalue weighted by Gasteiger charge is -2.06. The molecule has 22 heavy (non-hydrogen) atoms. The summed E-state index contributed by atoms with van der Waals surface area (Å²) < 4.78 is 1.90. The molecule has 6 nitrogen and oxygen atoms in total. The molecule has 3 heterocycles. The van der Waals surface area contributed by atoms with Crippen molar-refractivity contribution in [3.05, 3.63) is 64.5 Å². The van der Waals surface area contributed by atoms with Crippen LogP contribution in [0, 0.1) is 0 Å². The molecule has 0 aliphatic heterocycles. The summed E-state index contributed by atoms with van der Waals surface area (Å²) >= 11 is 1.61. The van der Waals surface area contributed by atoms with Gasteiger partial charge in [0.25, 0.3) is 0 Å². The van der Waals surface area contributed by atoms with Gasteiger partial charge in [0.2, 0.25) is 0 Å². The number of rotatable bonds is 5. The summed E-state index contributed by atoms with van der Waals surface area (Å²) in [4.78, 5) is 13.8. The van der Waals surface area contributed by atoms with E-state index < -0.39 is 0 Å². The summed E-state index contributed by atoms with van der Waals surface area (Å²) in [6.45, 7) is 0.260. The Hall–Kier alpha value is -2.67. The molecule has 0 bridgehead atoms. The van der Waals surface area contributed by atoms with Crippen molar-refractivity contribution in [3.63, 3.8) is 0 Å². The SMILES string of the molecule is Cn1cncc1C(=NOCc1cccc(N)n1)c1ccsc1. The molecule has 3 rings (SSSR count). The van der Waals surface area contributed by atoms with Crippen molar-refractivity contribution >= 4 is 22.9 Å². The first-order valence-electron chi connectivity index (χ1n) is 6.64. The first-order chi connectivity index (χ1) is 10.7. The van der Waals surface area contributed by atoms with Crippen molar-refractivity contribution in [2.24, 2.45) is 12.2 Å². The van der Waals surface area contributed by atoms with Gasteiger partial charge in [-0.05, 0) is 23.6 Å². The second kappa shape index (κ2) is 6.40. The summed E-state index contributed by atoms with van der Waals surface area (Å²) in [6.07, 6.45) is 3.50. The van der Waals surface area contributed by atoms with E-state index in [0.29, 0.717) is 5.82 Å². The number of oxime groups is 1. The van der Waals surface area contributed by atoms with E-state index in [1.165, 1.54) is 0 Å². The molecule has 0 aromatic carbocycles. The molecule has 0 unspecified atom stereocenters. The Labute approximate surface area is 131 Å². The zero-order chi connectivity index (χ0) is 15.4. The molecule has 3 aromatic heterocycles. The number of imidazole rings is 1. The third kappa shape index (κ3) is 3.15. The van der Waals surface area contributed by atoms with Crippen LogP contribution in [0.25, 0.3) is 0 Å². The molecular weight excluding hydrogens is 298 g/mol. The van der Waals surface area contributed by atoms with Crippen LogP contribution in [-0.2, 0) is 18.5 Å². The van der Waals surface area contributed by atoms with Gasteiger partial charge in [0.05, 0.1) is 23.9 Å². The van der Waals surface area contributed by atoms with E-state index in [2.05, 4.69) is 15.1 Å². The van der Waals surface area contributed by atoms with Gasteiger partial charge in [-0.3, -0.25) is 0 Å². The first-order valence-corrected chi connectivity index (χ1v) is 7.59.